The molecular weight excluding hydrogens is 232 g/mol. The third-order valence-corrected chi connectivity index (χ3v) is 4.18. The van der Waals surface area contributed by atoms with E-state index in [0.717, 1.165) is 0 Å². The van der Waals surface area contributed by atoms with E-state index in [4.69, 9.17) is 4.42 Å². The second-order valence-corrected chi connectivity index (χ2v) is 6.05. The van der Waals surface area contributed by atoms with Crippen molar-refractivity contribution in [3.05, 3.63) is 17.8 Å². The molecule has 1 N–H and O–H groups in total. The van der Waals surface area contributed by atoms with E-state index >= 15 is 0 Å². The first kappa shape index (κ1) is 11.1. The average molecular weight is 244 g/mol. The van der Waals surface area contributed by atoms with Crippen LogP contribution in [0.4, 0.5) is 0 Å². The maximum absolute atomic E-state index is 11.6. The van der Waals surface area contributed by atoms with Crippen LogP contribution in [0.1, 0.15) is 22.9 Å². The zero-order chi connectivity index (χ0) is 11.8. The summed E-state index contributed by atoms with van der Waals surface area (Å²) in [5, 5.41) is 2.61. The molecule has 1 unspecified atom stereocenters. The SMILES string of the molecule is Cc1ncc(C(=O)NC2CCS(=O)(=O)C2)o1. The zero-order valence-corrected chi connectivity index (χ0v) is 9.58. The molecule has 6 nitrogen and oxygen atoms in total. The van der Waals surface area contributed by atoms with Crippen molar-refractivity contribution in [2.75, 3.05) is 11.5 Å². The molecule has 2 rings (SSSR count). The summed E-state index contributed by atoms with van der Waals surface area (Å²) in [6.45, 7) is 1.64. The zero-order valence-electron chi connectivity index (χ0n) is 8.76. The molecule has 0 bridgehead atoms. The summed E-state index contributed by atoms with van der Waals surface area (Å²) in [5.41, 5.74) is 0. The molecule has 1 fully saturated rings. The lowest BCUT2D eigenvalue weighted by Gasteiger charge is -2.08. The van der Waals surface area contributed by atoms with Crippen molar-refractivity contribution < 1.29 is 17.6 Å². The van der Waals surface area contributed by atoms with Crippen molar-refractivity contribution in [3.63, 3.8) is 0 Å². The Morgan fingerprint density at radius 3 is 2.88 bits per heavy atom. The highest BCUT2D eigenvalue weighted by atomic mass is 32.2. The minimum absolute atomic E-state index is 0.00581. The number of amides is 1. The summed E-state index contributed by atoms with van der Waals surface area (Å²) in [5.74, 6) is 0.243. The molecule has 1 amide bonds. The van der Waals surface area contributed by atoms with Crippen LogP contribution in [0.5, 0.6) is 0 Å². The smallest absolute Gasteiger partial charge is 0.288 e. The number of hydrogen-bond donors (Lipinski definition) is 1. The van der Waals surface area contributed by atoms with Crippen LogP contribution >= 0.6 is 0 Å². The number of aromatic nitrogens is 1. The lowest BCUT2D eigenvalue weighted by molar-refractivity contribution is 0.0912. The molecule has 16 heavy (non-hydrogen) atoms. The van der Waals surface area contributed by atoms with Crippen LogP contribution in [0.25, 0.3) is 0 Å². The van der Waals surface area contributed by atoms with Crippen molar-refractivity contribution in [1.29, 1.82) is 0 Å². The number of carbonyl (C=O) groups excluding carboxylic acids is 1. The predicted octanol–water partition coefficient (Wildman–Crippen LogP) is -0.100. The summed E-state index contributed by atoms with van der Waals surface area (Å²) in [7, 11) is -2.98. The molecule has 7 heteroatoms. The van der Waals surface area contributed by atoms with Crippen molar-refractivity contribution in [2.45, 2.75) is 19.4 Å². The van der Waals surface area contributed by atoms with Crippen LogP contribution in [0.2, 0.25) is 0 Å². The van der Waals surface area contributed by atoms with Gasteiger partial charge in [-0.3, -0.25) is 4.79 Å². The second kappa shape index (κ2) is 3.89. The third-order valence-electron chi connectivity index (χ3n) is 2.41. The molecule has 0 radical (unpaired) electrons. The van der Waals surface area contributed by atoms with Gasteiger partial charge in [0, 0.05) is 13.0 Å². The molecule has 1 saturated heterocycles. The van der Waals surface area contributed by atoms with Crippen molar-refractivity contribution in [2.24, 2.45) is 0 Å². The largest absolute Gasteiger partial charge is 0.436 e. The fourth-order valence-electron chi connectivity index (χ4n) is 1.63. The number of hydrogen-bond acceptors (Lipinski definition) is 5. The summed E-state index contributed by atoms with van der Waals surface area (Å²) in [6, 6.07) is -0.317. The lowest BCUT2D eigenvalue weighted by Crippen LogP contribution is -2.35. The van der Waals surface area contributed by atoms with Crippen LogP contribution in [-0.4, -0.2) is 36.9 Å². The molecule has 1 atom stereocenters. The van der Waals surface area contributed by atoms with Gasteiger partial charge in [0.15, 0.2) is 15.7 Å². The number of carbonyl (C=O) groups is 1. The number of oxazole rings is 1. The molecule has 1 aromatic heterocycles. The van der Waals surface area contributed by atoms with Crippen molar-refractivity contribution in [3.8, 4) is 0 Å². The number of sulfone groups is 1. The van der Waals surface area contributed by atoms with E-state index in [2.05, 4.69) is 10.3 Å². The van der Waals surface area contributed by atoms with Crippen LogP contribution in [0.15, 0.2) is 10.6 Å². The van der Waals surface area contributed by atoms with E-state index < -0.39 is 15.7 Å². The molecule has 1 aromatic rings. The normalized spacial score (nSPS) is 23.2. The fraction of sp³-hybridized carbons (Fsp3) is 0.556. The molecular formula is C9H12N2O4S. The average Bonchev–Trinajstić information content (AvgIpc) is 2.73. The quantitative estimate of drug-likeness (QED) is 0.784. The van der Waals surface area contributed by atoms with Gasteiger partial charge in [-0.2, -0.15) is 0 Å². The van der Waals surface area contributed by atoms with Crippen LogP contribution in [0, 0.1) is 6.92 Å². The first-order valence-electron chi connectivity index (χ1n) is 4.90. The maximum Gasteiger partial charge on any atom is 0.288 e. The van der Waals surface area contributed by atoms with E-state index in [9.17, 15) is 13.2 Å². The maximum atomic E-state index is 11.6. The van der Waals surface area contributed by atoms with Gasteiger partial charge in [0.2, 0.25) is 5.76 Å². The molecule has 88 valence electrons. The Labute approximate surface area is 93.0 Å². The van der Waals surface area contributed by atoms with Crippen LogP contribution < -0.4 is 5.32 Å². The summed E-state index contributed by atoms with van der Waals surface area (Å²) < 4.78 is 27.4. The Morgan fingerprint density at radius 1 is 1.62 bits per heavy atom. The topological polar surface area (TPSA) is 89.3 Å². The Kier molecular flexibility index (Phi) is 2.71. The van der Waals surface area contributed by atoms with Gasteiger partial charge in [-0.15, -0.1) is 0 Å². The van der Waals surface area contributed by atoms with Crippen molar-refractivity contribution >= 4 is 15.7 Å². The highest BCUT2D eigenvalue weighted by Gasteiger charge is 2.29. The Morgan fingerprint density at radius 2 is 2.38 bits per heavy atom. The van der Waals surface area contributed by atoms with E-state index in [0.29, 0.717) is 12.3 Å². The van der Waals surface area contributed by atoms with Crippen molar-refractivity contribution in [1.82, 2.24) is 10.3 Å². The third kappa shape index (κ3) is 2.41. The van der Waals surface area contributed by atoms with Gasteiger partial charge in [0.25, 0.3) is 5.91 Å². The molecule has 0 aromatic carbocycles. The standard InChI is InChI=1S/C9H12N2O4S/c1-6-10-4-8(15-6)9(12)11-7-2-3-16(13,14)5-7/h4,7H,2-3,5H2,1H3,(H,11,12). The van der Waals surface area contributed by atoms with Gasteiger partial charge < -0.3 is 9.73 Å². The Bertz CT molecular complexity index is 505. The monoisotopic (exact) mass is 244 g/mol. The number of rotatable bonds is 2. The molecule has 1 aliphatic rings. The fourth-order valence-corrected chi connectivity index (χ4v) is 3.31. The first-order valence-corrected chi connectivity index (χ1v) is 6.72. The van der Waals surface area contributed by atoms with E-state index in [1.54, 1.807) is 6.92 Å². The second-order valence-electron chi connectivity index (χ2n) is 3.82. The Balaban J connectivity index is 1.99. The molecule has 0 aliphatic carbocycles. The molecule has 0 spiro atoms. The van der Waals surface area contributed by atoms with Crippen LogP contribution in [-0.2, 0) is 9.84 Å². The summed E-state index contributed by atoms with van der Waals surface area (Å²) in [4.78, 5) is 15.4. The van der Waals surface area contributed by atoms with Crippen LogP contribution in [0.3, 0.4) is 0 Å². The van der Waals surface area contributed by atoms with E-state index in [1.165, 1.54) is 6.20 Å². The van der Waals surface area contributed by atoms with E-state index in [1.807, 2.05) is 0 Å². The predicted molar refractivity (Wildman–Crippen MR) is 55.8 cm³/mol. The highest BCUT2D eigenvalue weighted by molar-refractivity contribution is 7.91. The van der Waals surface area contributed by atoms with Gasteiger partial charge in [0.1, 0.15) is 0 Å². The summed E-state index contributed by atoms with van der Waals surface area (Å²) in [6.07, 6.45) is 1.79. The molecule has 1 aliphatic heterocycles. The highest BCUT2D eigenvalue weighted by Crippen LogP contribution is 2.12. The minimum Gasteiger partial charge on any atom is -0.436 e. The minimum atomic E-state index is -2.98. The first-order chi connectivity index (χ1) is 7.46. The molecule has 0 saturated carbocycles. The van der Waals surface area contributed by atoms with Gasteiger partial charge in [-0.1, -0.05) is 0 Å². The number of nitrogens with zero attached hydrogens (tertiary/aromatic N) is 1. The molecule has 2 heterocycles. The number of nitrogens with one attached hydrogen (secondary N) is 1. The lowest BCUT2D eigenvalue weighted by atomic mass is 10.2. The van der Waals surface area contributed by atoms with E-state index in [-0.39, 0.29) is 23.3 Å². The van der Waals surface area contributed by atoms with Gasteiger partial charge in [-0.25, -0.2) is 13.4 Å². The van der Waals surface area contributed by atoms with Gasteiger partial charge in [0.05, 0.1) is 17.7 Å². The summed E-state index contributed by atoms with van der Waals surface area (Å²) >= 11 is 0. The van der Waals surface area contributed by atoms with Gasteiger partial charge in [-0.05, 0) is 6.42 Å². The Hall–Kier alpha value is -1.37. The van der Waals surface area contributed by atoms with Gasteiger partial charge >= 0.3 is 0 Å². The number of aryl methyl sites for hydroxylation is 1.